The van der Waals surface area contributed by atoms with E-state index in [2.05, 4.69) is 15.7 Å². The number of carbonyl (C=O) groups excluding carboxylic acids is 1. The average molecular weight is 290 g/mol. The van der Waals surface area contributed by atoms with Crippen LogP contribution in [0.1, 0.15) is 17.3 Å². The topological polar surface area (TPSA) is 89.3 Å². The van der Waals surface area contributed by atoms with Crippen LogP contribution < -0.4 is 21.3 Å². The normalized spacial score (nSPS) is 10.0. The first-order valence-corrected chi connectivity index (χ1v) is 6.30. The van der Waals surface area contributed by atoms with Gasteiger partial charge in [0.2, 0.25) is 0 Å². The van der Waals surface area contributed by atoms with E-state index in [1.165, 1.54) is 24.5 Å². The summed E-state index contributed by atoms with van der Waals surface area (Å²) < 4.78 is 18.8. The van der Waals surface area contributed by atoms with Crippen LogP contribution in [-0.2, 0) is 0 Å². The minimum Gasteiger partial charge on any atom is -0.491 e. The van der Waals surface area contributed by atoms with Crippen molar-refractivity contribution in [3.63, 3.8) is 0 Å². The molecule has 1 amide bonds. The highest BCUT2D eigenvalue weighted by atomic mass is 19.1. The van der Waals surface area contributed by atoms with Gasteiger partial charge in [-0.05, 0) is 25.1 Å². The Morgan fingerprint density at radius 3 is 2.90 bits per heavy atom. The Labute approximate surface area is 121 Å². The minimum atomic E-state index is -0.544. The SMILES string of the molecule is CCOc1ccc(NC(=O)c2cnccc2NN)cc1F. The Bertz CT molecular complexity index is 649. The number of hydrazine groups is 1. The number of hydrogen-bond donors (Lipinski definition) is 3. The van der Waals surface area contributed by atoms with Crippen LogP contribution in [0.15, 0.2) is 36.7 Å². The van der Waals surface area contributed by atoms with Gasteiger partial charge in [0.05, 0.1) is 17.9 Å². The lowest BCUT2D eigenvalue weighted by molar-refractivity contribution is 0.102. The van der Waals surface area contributed by atoms with Gasteiger partial charge < -0.3 is 15.5 Å². The number of hydrogen-bond acceptors (Lipinski definition) is 5. The number of nitrogens with one attached hydrogen (secondary N) is 2. The quantitative estimate of drug-likeness (QED) is 0.580. The van der Waals surface area contributed by atoms with E-state index in [4.69, 9.17) is 10.6 Å². The van der Waals surface area contributed by atoms with E-state index in [9.17, 15) is 9.18 Å². The van der Waals surface area contributed by atoms with E-state index >= 15 is 0 Å². The molecule has 1 heterocycles. The van der Waals surface area contributed by atoms with Gasteiger partial charge in [-0.2, -0.15) is 0 Å². The smallest absolute Gasteiger partial charge is 0.259 e. The van der Waals surface area contributed by atoms with Gasteiger partial charge in [-0.3, -0.25) is 15.6 Å². The standard InChI is InChI=1S/C14H15FN4O2/c1-2-21-13-4-3-9(7-11(13)15)18-14(20)10-8-17-6-5-12(10)19-16/h3-8H,2,16H2,1H3,(H,17,19)(H,18,20). The first-order valence-electron chi connectivity index (χ1n) is 6.30. The average Bonchev–Trinajstić information content (AvgIpc) is 2.50. The fourth-order valence-electron chi connectivity index (χ4n) is 1.75. The van der Waals surface area contributed by atoms with Gasteiger partial charge in [0.25, 0.3) is 5.91 Å². The Morgan fingerprint density at radius 2 is 2.24 bits per heavy atom. The maximum Gasteiger partial charge on any atom is 0.259 e. The summed E-state index contributed by atoms with van der Waals surface area (Å²) >= 11 is 0. The van der Waals surface area contributed by atoms with Crippen LogP contribution in [0.2, 0.25) is 0 Å². The van der Waals surface area contributed by atoms with Crippen LogP contribution in [0.4, 0.5) is 15.8 Å². The number of halogens is 1. The van der Waals surface area contributed by atoms with Crippen LogP contribution in [0, 0.1) is 5.82 Å². The second-order valence-corrected chi connectivity index (χ2v) is 4.10. The summed E-state index contributed by atoms with van der Waals surface area (Å²) in [6.45, 7) is 2.13. The number of nitrogen functional groups attached to an aromatic ring is 1. The second-order valence-electron chi connectivity index (χ2n) is 4.10. The van der Waals surface area contributed by atoms with Gasteiger partial charge in [-0.1, -0.05) is 0 Å². The summed E-state index contributed by atoms with van der Waals surface area (Å²) in [6.07, 6.45) is 2.87. The number of amides is 1. The molecule has 1 aromatic carbocycles. The van der Waals surface area contributed by atoms with E-state index in [1.807, 2.05) is 0 Å². The highest BCUT2D eigenvalue weighted by Crippen LogP contribution is 2.22. The van der Waals surface area contributed by atoms with Crippen LogP contribution >= 0.6 is 0 Å². The summed E-state index contributed by atoms with van der Waals surface area (Å²) in [5.74, 6) is 4.48. The molecule has 110 valence electrons. The third-order valence-corrected chi connectivity index (χ3v) is 2.71. The lowest BCUT2D eigenvalue weighted by Gasteiger charge is -2.10. The lowest BCUT2D eigenvalue weighted by atomic mass is 10.2. The maximum atomic E-state index is 13.7. The summed E-state index contributed by atoms with van der Waals surface area (Å²) in [6, 6.07) is 5.76. The van der Waals surface area contributed by atoms with Gasteiger partial charge >= 0.3 is 0 Å². The molecule has 1 aromatic heterocycles. The molecule has 6 nitrogen and oxygen atoms in total. The molecule has 0 spiro atoms. The van der Waals surface area contributed by atoms with Gasteiger partial charge in [-0.15, -0.1) is 0 Å². The van der Waals surface area contributed by atoms with Crippen molar-refractivity contribution in [3.05, 3.63) is 48.0 Å². The molecule has 7 heteroatoms. The molecule has 0 atom stereocenters. The van der Waals surface area contributed by atoms with E-state index in [0.717, 1.165) is 0 Å². The molecule has 0 aliphatic heterocycles. The summed E-state index contributed by atoms with van der Waals surface area (Å²) in [7, 11) is 0. The predicted octanol–water partition coefficient (Wildman–Crippen LogP) is 2.16. The highest BCUT2D eigenvalue weighted by molar-refractivity contribution is 6.07. The molecule has 0 saturated carbocycles. The molecular weight excluding hydrogens is 275 g/mol. The number of carbonyl (C=O) groups is 1. The van der Waals surface area contributed by atoms with E-state index in [0.29, 0.717) is 18.0 Å². The molecule has 0 unspecified atom stereocenters. The van der Waals surface area contributed by atoms with Crippen molar-refractivity contribution in [2.75, 3.05) is 17.3 Å². The summed E-state index contributed by atoms with van der Waals surface area (Å²) in [5.41, 5.74) is 3.40. The fraction of sp³-hybridized carbons (Fsp3) is 0.143. The van der Waals surface area contributed by atoms with Gasteiger partial charge in [0.1, 0.15) is 0 Å². The van der Waals surface area contributed by atoms with Crippen molar-refractivity contribution in [1.82, 2.24) is 4.98 Å². The van der Waals surface area contributed by atoms with Crippen molar-refractivity contribution in [1.29, 1.82) is 0 Å². The van der Waals surface area contributed by atoms with Crippen molar-refractivity contribution in [3.8, 4) is 5.75 Å². The monoisotopic (exact) mass is 290 g/mol. The molecule has 4 N–H and O–H groups in total. The first-order chi connectivity index (χ1) is 10.2. The molecule has 21 heavy (non-hydrogen) atoms. The van der Waals surface area contributed by atoms with Crippen LogP contribution in [0.5, 0.6) is 5.75 Å². The minimum absolute atomic E-state index is 0.140. The largest absolute Gasteiger partial charge is 0.491 e. The highest BCUT2D eigenvalue weighted by Gasteiger charge is 2.12. The first kappa shape index (κ1) is 14.7. The molecule has 2 rings (SSSR count). The van der Waals surface area contributed by atoms with Crippen molar-refractivity contribution < 1.29 is 13.9 Å². The van der Waals surface area contributed by atoms with E-state index in [-0.39, 0.29) is 11.3 Å². The third-order valence-electron chi connectivity index (χ3n) is 2.71. The van der Waals surface area contributed by atoms with Crippen molar-refractivity contribution in [2.45, 2.75) is 6.92 Å². The molecule has 2 aromatic rings. The Morgan fingerprint density at radius 1 is 1.43 bits per heavy atom. The maximum absolute atomic E-state index is 13.7. The zero-order chi connectivity index (χ0) is 15.2. The number of ether oxygens (including phenoxy) is 1. The summed E-state index contributed by atoms with van der Waals surface area (Å²) in [4.78, 5) is 16.0. The third kappa shape index (κ3) is 3.46. The van der Waals surface area contributed by atoms with Crippen LogP contribution in [0.25, 0.3) is 0 Å². The van der Waals surface area contributed by atoms with Crippen molar-refractivity contribution >= 4 is 17.3 Å². The van der Waals surface area contributed by atoms with Crippen LogP contribution in [0.3, 0.4) is 0 Å². The summed E-state index contributed by atoms with van der Waals surface area (Å²) in [5, 5.41) is 2.57. The van der Waals surface area contributed by atoms with Crippen LogP contribution in [-0.4, -0.2) is 17.5 Å². The molecule has 0 bridgehead atoms. The Kier molecular flexibility index (Phi) is 4.68. The number of rotatable bonds is 5. The predicted molar refractivity (Wildman–Crippen MR) is 77.6 cm³/mol. The fourth-order valence-corrected chi connectivity index (χ4v) is 1.75. The Balaban J connectivity index is 2.18. The zero-order valence-electron chi connectivity index (χ0n) is 11.4. The van der Waals surface area contributed by atoms with E-state index < -0.39 is 11.7 Å². The molecule has 0 radical (unpaired) electrons. The van der Waals surface area contributed by atoms with Gasteiger partial charge in [0.15, 0.2) is 11.6 Å². The number of benzene rings is 1. The molecule has 0 saturated heterocycles. The lowest BCUT2D eigenvalue weighted by Crippen LogP contribution is -2.17. The number of anilines is 2. The zero-order valence-corrected chi connectivity index (χ0v) is 11.4. The molecule has 0 aliphatic carbocycles. The molecule has 0 fully saturated rings. The molecular formula is C14H15FN4O2. The number of aromatic nitrogens is 1. The van der Waals surface area contributed by atoms with Gasteiger partial charge in [0, 0.05) is 24.1 Å². The van der Waals surface area contributed by atoms with Crippen molar-refractivity contribution in [2.24, 2.45) is 5.84 Å². The number of pyridine rings is 1. The molecule has 0 aliphatic rings. The van der Waals surface area contributed by atoms with E-state index in [1.54, 1.807) is 19.1 Å². The number of nitrogens with two attached hydrogens (primary N) is 1. The second kappa shape index (κ2) is 6.67. The van der Waals surface area contributed by atoms with Gasteiger partial charge in [-0.25, -0.2) is 4.39 Å². The number of nitrogens with zero attached hydrogens (tertiary/aromatic N) is 1. The Hall–Kier alpha value is -2.67.